The van der Waals surface area contributed by atoms with Crippen LogP contribution in [0.25, 0.3) is 0 Å². The number of aryl methyl sites for hydroxylation is 1. The molecule has 0 aromatic heterocycles. The fourth-order valence-electron chi connectivity index (χ4n) is 2.76. The first-order valence-electron chi connectivity index (χ1n) is 8.10. The molecule has 1 aliphatic rings. The summed E-state index contributed by atoms with van der Waals surface area (Å²) in [6.07, 6.45) is 4.85. The second-order valence-electron chi connectivity index (χ2n) is 6.07. The second-order valence-corrected chi connectivity index (χ2v) is 6.48. The largest absolute Gasteiger partial charge is 0.483 e. The topological polar surface area (TPSA) is 62.4 Å². The SMILES string of the molecule is Cc1ccccc1OCC(=O)NNC(=S)N[C@@H]1CCCC[C@H]1C. The third kappa shape index (κ3) is 5.71. The molecule has 2 rings (SSSR count). The van der Waals surface area contributed by atoms with Gasteiger partial charge in [0.1, 0.15) is 5.75 Å². The van der Waals surface area contributed by atoms with Crippen LogP contribution in [0.15, 0.2) is 24.3 Å². The van der Waals surface area contributed by atoms with Crippen LogP contribution in [-0.4, -0.2) is 23.7 Å². The number of carbonyl (C=O) groups is 1. The molecule has 1 aromatic carbocycles. The fourth-order valence-corrected chi connectivity index (χ4v) is 2.96. The predicted molar refractivity (Wildman–Crippen MR) is 95.1 cm³/mol. The summed E-state index contributed by atoms with van der Waals surface area (Å²) in [5.74, 6) is 1.04. The normalized spacial score (nSPS) is 20.4. The molecular formula is C17H25N3O2S. The molecule has 0 bridgehead atoms. The minimum atomic E-state index is -0.269. The zero-order chi connectivity index (χ0) is 16.7. The van der Waals surface area contributed by atoms with Gasteiger partial charge in [0.25, 0.3) is 5.91 Å². The van der Waals surface area contributed by atoms with E-state index in [1.165, 1.54) is 19.3 Å². The first-order valence-corrected chi connectivity index (χ1v) is 8.51. The Kier molecular flexibility index (Phi) is 6.65. The Morgan fingerprint density at radius 1 is 1.26 bits per heavy atom. The third-order valence-corrected chi connectivity index (χ3v) is 4.42. The quantitative estimate of drug-likeness (QED) is 0.583. The number of ether oxygens (including phenoxy) is 1. The summed E-state index contributed by atoms with van der Waals surface area (Å²) in [6, 6.07) is 7.97. The van der Waals surface area contributed by atoms with Crippen molar-refractivity contribution in [3.8, 4) is 5.75 Å². The number of carbonyl (C=O) groups excluding carboxylic acids is 1. The summed E-state index contributed by atoms with van der Waals surface area (Å²) in [5, 5.41) is 3.72. The smallest absolute Gasteiger partial charge is 0.276 e. The van der Waals surface area contributed by atoms with Gasteiger partial charge in [-0.1, -0.05) is 38.0 Å². The number of para-hydroxylation sites is 1. The maximum absolute atomic E-state index is 11.8. The number of hydrogen-bond acceptors (Lipinski definition) is 3. The molecule has 0 radical (unpaired) electrons. The van der Waals surface area contributed by atoms with Gasteiger partial charge in [0.05, 0.1) is 0 Å². The van der Waals surface area contributed by atoms with Crippen molar-refractivity contribution in [2.75, 3.05) is 6.61 Å². The van der Waals surface area contributed by atoms with Gasteiger partial charge in [0.2, 0.25) is 0 Å². The zero-order valence-electron chi connectivity index (χ0n) is 13.7. The van der Waals surface area contributed by atoms with E-state index >= 15 is 0 Å². The molecule has 1 saturated carbocycles. The van der Waals surface area contributed by atoms with E-state index in [0.717, 1.165) is 12.0 Å². The highest BCUT2D eigenvalue weighted by atomic mass is 32.1. The maximum Gasteiger partial charge on any atom is 0.276 e. The number of hydrazine groups is 1. The Labute approximate surface area is 143 Å². The van der Waals surface area contributed by atoms with Gasteiger partial charge in [-0.15, -0.1) is 0 Å². The van der Waals surface area contributed by atoms with Gasteiger partial charge < -0.3 is 10.1 Å². The zero-order valence-corrected chi connectivity index (χ0v) is 14.5. The molecule has 126 valence electrons. The summed E-state index contributed by atoms with van der Waals surface area (Å²) in [7, 11) is 0. The predicted octanol–water partition coefficient (Wildman–Crippen LogP) is 2.45. The average Bonchev–Trinajstić information content (AvgIpc) is 2.54. The van der Waals surface area contributed by atoms with Crippen LogP contribution < -0.4 is 20.9 Å². The molecule has 0 aliphatic heterocycles. The monoisotopic (exact) mass is 335 g/mol. The van der Waals surface area contributed by atoms with Gasteiger partial charge in [0.15, 0.2) is 11.7 Å². The van der Waals surface area contributed by atoms with Crippen LogP contribution >= 0.6 is 12.2 Å². The van der Waals surface area contributed by atoms with Gasteiger partial charge in [-0.25, -0.2) is 0 Å². The molecule has 3 N–H and O–H groups in total. The first kappa shape index (κ1) is 17.5. The third-order valence-electron chi connectivity index (χ3n) is 4.20. The van der Waals surface area contributed by atoms with E-state index in [1.807, 2.05) is 31.2 Å². The minimum absolute atomic E-state index is 0.0553. The summed E-state index contributed by atoms with van der Waals surface area (Å²) in [4.78, 5) is 11.8. The van der Waals surface area contributed by atoms with E-state index in [0.29, 0.717) is 22.8 Å². The van der Waals surface area contributed by atoms with E-state index in [2.05, 4.69) is 23.1 Å². The van der Waals surface area contributed by atoms with Crippen molar-refractivity contribution >= 4 is 23.2 Å². The van der Waals surface area contributed by atoms with Crippen molar-refractivity contribution in [2.45, 2.75) is 45.6 Å². The van der Waals surface area contributed by atoms with Crippen molar-refractivity contribution in [1.29, 1.82) is 0 Å². The van der Waals surface area contributed by atoms with Crippen LogP contribution in [0.2, 0.25) is 0 Å². The van der Waals surface area contributed by atoms with Crippen LogP contribution in [-0.2, 0) is 4.79 Å². The molecule has 0 saturated heterocycles. The lowest BCUT2D eigenvalue weighted by molar-refractivity contribution is -0.123. The van der Waals surface area contributed by atoms with E-state index in [1.54, 1.807) is 0 Å². The number of amides is 1. The Balaban J connectivity index is 1.67. The van der Waals surface area contributed by atoms with Crippen LogP contribution in [0, 0.1) is 12.8 Å². The number of benzene rings is 1. The summed E-state index contributed by atoms with van der Waals surface area (Å²) in [5.41, 5.74) is 6.30. The molecule has 1 aromatic rings. The molecule has 1 amide bonds. The fraction of sp³-hybridized carbons (Fsp3) is 0.529. The molecule has 5 nitrogen and oxygen atoms in total. The Bertz CT molecular complexity index is 550. The molecule has 1 fully saturated rings. The lowest BCUT2D eigenvalue weighted by Gasteiger charge is -2.30. The number of thiocarbonyl (C=S) groups is 1. The second kappa shape index (κ2) is 8.72. The molecule has 2 atom stereocenters. The van der Waals surface area contributed by atoms with Crippen molar-refractivity contribution in [3.05, 3.63) is 29.8 Å². The highest BCUT2D eigenvalue weighted by Gasteiger charge is 2.21. The van der Waals surface area contributed by atoms with Crippen LogP contribution in [0.4, 0.5) is 0 Å². The lowest BCUT2D eigenvalue weighted by atomic mass is 9.86. The Morgan fingerprint density at radius 3 is 2.74 bits per heavy atom. The van der Waals surface area contributed by atoms with Gasteiger partial charge in [0, 0.05) is 6.04 Å². The van der Waals surface area contributed by atoms with E-state index < -0.39 is 0 Å². The van der Waals surface area contributed by atoms with E-state index in [9.17, 15) is 4.79 Å². The molecule has 0 spiro atoms. The molecule has 23 heavy (non-hydrogen) atoms. The van der Waals surface area contributed by atoms with E-state index in [-0.39, 0.29) is 12.5 Å². The average molecular weight is 335 g/mol. The van der Waals surface area contributed by atoms with Crippen molar-refractivity contribution in [2.24, 2.45) is 5.92 Å². The van der Waals surface area contributed by atoms with Gasteiger partial charge in [-0.3, -0.25) is 15.6 Å². The number of hydrogen-bond donors (Lipinski definition) is 3. The van der Waals surface area contributed by atoms with Gasteiger partial charge >= 0.3 is 0 Å². The Morgan fingerprint density at radius 2 is 2.00 bits per heavy atom. The lowest BCUT2D eigenvalue weighted by Crippen LogP contribution is -2.52. The summed E-state index contributed by atoms with van der Waals surface area (Å²) in [6.45, 7) is 4.12. The van der Waals surface area contributed by atoms with Gasteiger partial charge in [-0.05, 0) is 49.5 Å². The highest BCUT2D eigenvalue weighted by Crippen LogP contribution is 2.23. The van der Waals surface area contributed by atoms with Crippen LogP contribution in [0.5, 0.6) is 5.75 Å². The van der Waals surface area contributed by atoms with Crippen molar-refractivity contribution in [3.63, 3.8) is 0 Å². The highest BCUT2D eigenvalue weighted by molar-refractivity contribution is 7.80. The van der Waals surface area contributed by atoms with Crippen LogP contribution in [0.1, 0.15) is 38.2 Å². The minimum Gasteiger partial charge on any atom is -0.483 e. The Hall–Kier alpha value is -1.82. The van der Waals surface area contributed by atoms with Crippen LogP contribution in [0.3, 0.4) is 0 Å². The van der Waals surface area contributed by atoms with Crippen molar-refractivity contribution < 1.29 is 9.53 Å². The molecule has 0 heterocycles. The molecule has 6 heteroatoms. The summed E-state index contributed by atoms with van der Waals surface area (Å²) < 4.78 is 5.48. The molecule has 0 unspecified atom stereocenters. The maximum atomic E-state index is 11.8. The first-order chi connectivity index (χ1) is 11.1. The van der Waals surface area contributed by atoms with Gasteiger partial charge in [-0.2, -0.15) is 0 Å². The van der Waals surface area contributed by atoms with E-state index in [4.69, 9.17) is 17.0 Å². The number of nitrogens with one attached hydrogen (secondary N) is 3. The standard InChI is InChI=1S/C17H25N3O2S/c1-12-7-3-5-9-14(12)18-17(23)20-19-16(21)11-22-15-10-6-4-8-13(15)2/h4,6,8,10,12,14H,3,5,7,9,11H2,1-2H3,(H,19,21)(H2,18,20,23)/t12-,14-/m1/s1. The molecule has 1 aliphatic carbocycles. The van der Waals surface area contributed by atoms with Crippen molar-refractivity contribution in [1.82, 2.24) is 16.2 Å². The molecular weight excluding hydrogens is 310 g/mol. The summed E-state index contributed by atoms with van der Waals surface area (Å²) >= 11 is 5.23. The number of rotatable bonds is 4.